The molecule has 11 heteroatoms. The first-order valence-corrected chi connectivity index (χ1v) is 10.4. The molecule has 0 amide bonds. The Kier molecular flexibility index (Phi) is 5.13. The van der Waals surface area contributed by atoms with E-state index in [4.69, 9.17) is 0 Å². The van der Waals surface area contributed by atoms with Gasteiger partial charge in [-0.3, -0.25) is 5.10 Å². The highest BCUT2D eigenvalue weighted by Crippen LogP contribution is 2.25. The fourth-order valence-electron chi connectivity index (χ4n) is 2.27. The number of nitrogens with one attached hydrogen (secondary N) is 1. The number of fused-ring (bicyclic) bond motifs is 2. The van der Waals surface area contributed by atoms with Crippen LogP contribution in [0.2, 0.25) is 0 Å². The maximum absolute atomic E-state index is 13.1. The number of rotatable bonds is 1. The third-order valence-corrected chi connectivity index (χ3v) is 5.59. The molecular weight excluding hydrogens is 498 g/mol. The van der Waals surface area contributed by atoms with E-state index in [1.807, 2.05) is 0 Å². The first-order valence-electron chi connectivity index (χ1n) is 6.98. The zero-order valence-electron chi connectivity index (χ0n) is 13.0. The Morgan fingerprint density at radius 1 is 1.00 bits per heavy atom. The van der Waals surface area contributed by atoms with E-state index >= 15 is 0 Å². The molecule has 0 aliphatic carbocycles. The molecule has 0 aliphatic heterocycles. The van der Waals surface area contributed by atoms with Crippen LogP contribution in [0.15, 0.2) is 45.6 Å². The summed E-state index contributed by atoms with van der Waals surface area (Å²) in [6.45, 7) is 0. The predicted octanol–water partition coefficient (Wildman–Crippen LogP) is 4.21. The minimum atomic E-state index is -3.50. The van der Waals surface area contributed by atoms with E-state index < -0.39 is 15.8 Å². The Hall–Kier alpha value is -1.85. The standard InChI is InChI=1S/C8H6BrFN2O2S.C7H4BrFN2/c1-15(13,14)12-8-3-5(10)2-7(9)6(8)4-11-12;8-6-1-4(9)2-7-5(6)3-10-11-7/h2-4H,1H3;1-3H,(H,10,11). The molecule has 136 valence electrons. The van der Waals surface area contributed by atoms with Crippen LogP contribution in [0, 0.1) is 11.6 Å². The molecule has 2 aromatic heterocycles. The SMILES string of the molecule is CS(=O)(=O)n1ncc2c(Br)cc(F)cc21.Fc1cc(Br)c2cn[nH]c2c1. The lowest BCUT2D eigenvalue weighted by atomic mass is 10.2. The highest BCUT2D eigenvalue weighted by Gasteiger charge is 2.14. The lowest BCUT2D eigenvalue weighted by Gasteiger charge is -2.00. The molecule has 6 nitrogen and oxygen atoms in total. The number of hydrogen-bond acceptors (Lipinski definition) is 4. The molecule has 0 bridgehead atoms. The van der Waals surface area contributed by atoms with Gasteiger partial charge in [-0.05, 0) is 50.1 Å². The molecule has 0 saturated heterocycles. The Morgan fingerprint density at radius 2 is 1.62 bits per heavy atom. The Morgan fingerprint density at radius 3 is 2.27 bits per heavy atom. The van der Waals surface area contributed by atoms with Crippen LogP contribution in [0.1, 0.15) is 0 Å². The van der Waals surface area contributed by atoms with Crippen molar-refractivity contribution >= 4 is 63.7 Å². The average molecular weight is 508 g/mol. The maximum atomic E-state index is 13.1. The summed E-state index contributed by atoms with van der Waals surface area (Å²) in [6, 6.07) is 5.22. The predicted molar refractivity (Wildman–Crippen MR) is 101 cm³/mol. The summed E-state index contributed by atoms with van der Waals surface area (Å²) >= 11 is 6.37. The van der Waals surface area contributed by atoms with E-state index in [1.54, 1.807) is 6.20 Å². The molecule has 4 aromatic rings. The number of hydrogen-bond donors (Lipinski definition) is 1. The number of H-pyrrole nitrogens is 1. The van der Waals surface area contributed by atoms with Gasteiger partial charge < -0.3 is 0 Å². The highest BCUT2D eigenvalue weighted by atomic mass is 79.9. The summed E-state index contributed by atoms with van der Waals surface area (Å²) in [5, 5.41) is 11.6. The van der Waals surface area contributed by atoms with E-state index in [0.29, 0.717) is 15.4 Å². The third kappa shape index (κ3) is 3.79. The van der Waals surface area contributed by atoms with Gasteiger partial charge in [0.25, 0.3) is 10.0 Å². The second-order valence-corrected chi connectivity index (χ2v) is 8.81. The van der Waals surface area contributed by atoms with Gasteiger partial charge in [-0.1, -0.05) is 0 Å². The Labute approximate surface area is 163 Å². The first kappa shape index (κ1) is 18.9. The monoisotopic (exact) mass is 506 g/mol. The molecular formula is C15H10Br2F2N4O2S. The number of nitrogens with zero attached hydrogens (tertiary/aromatic N) is 3. The van der Waals surface area contributed by atoms with Crippen LogP contribution in [0.4, 0.5) is 8.78 Å². The summed E-state index contributed by atoms with van der Waals surface area (Å²) in [7, 11) is -3.50. The highest BCUT2D eigenvalue weighted by molar-refractivity contribution is 9.11. The van der Waals surface area contributed by atoms with Crippen LogP contribution in [-0.2, 0) is 10.0 Å². The summed E-state index contributed by atoms with van der Waals surface area (Å²) in [5.41, 5.74) is 0.932. The van der Waals surface area contributed by atoms with E-state index in [1.165, 1.54) is 24.4 Å². The molecule has 26 heavy (non-hydrogen) atoms. The molecule has 0 fully saturated rings. The quantitative estimate of drug-likeness (QED) is 0.418. The fraction of sp³-hybridized carbons (Fsp3) is 0.0667. The zero-order valence-corrected chi connectivity index (χ0v) is 17.0. The third-order valence-electron chi connectivity index (χ3n) is 3.36. The topological polar surface area (TPSA) is 80.6 Å². The van der Waals surface area contributed by atoms with Gasteiger partial charge in [0.15, 0.2) is 0 Å². The van der Waals surface area contributed by atoms with Crippen LogP contribution in [0.3, 0.4) is 0 Å². The summed E-state index contributed by atoms with van der Waals surface area (Å²) in [6.07, 6.45) is 4.04. The maximum Gasteiger partial charge on any atom is 0.251 e. The molecule has 0 atom stereocenters. The van der Waals surface area contributed by atoms with Crippen molar-refractivity contribution in [2.45, 2.75) is 0 Å². The van der Waals surface area contributed by atoms with Crippen molar-refractivity contribution in [3.8, 4) is 0 Å². The molecule has 0 saturated carbocycles. The second-order valence-electron chi connectivity index (χ2n) is 5.29. The molecule has 0 radical (unpaired) electrons. The molecule has 0 unspecified atom stereocenters. The average Bonchev–Trinajstić information content (AvgIpc) is 3.13. The van der Waals surface area contributed by atoms with Gasteiger partial charge in [-0.15, -0.1) is 0 Å². The van der Waals surface area contributed by atoms with Crippen molar-refractivity contribution in [3.63, 3.8) is 0 Å². The minimum Gasteiger partial charge on any atom is -0.278 e. The van der Waals surface area contributed by atoms with Crippen molar-refractivity contribution in [2.24, 2.45) is 0 Å². The van der Waals surface area contributed by atoms with Crippen LogP contribution >= 0.6 is 31.9 Å². The van der Waals surface area contributed by atoms with Crippen LogP contribution in [0.25, 0.3) is 21.8 Å². The minimum absolute atomic E-state index is 0.226. The summed E-state index contributed by atoms with van der Waals surface area (Å²) < 4.78 is 50.4. The van der Waals surface area contributed by atoms with Crippen LogP contribution in [0.5, 0.6) is 0 Å². The van der Waals surface area contributed by atoms with Gasteiger partial charge in [-0.2, -0.15) is 14.3 Å². The van der Waals surface area contributed by atoms with E-state index in [9.17, 15) is 17.2 Å². The van der Waals surface area contributed by atoms with Crippen LogP contribution < -0.4 is 0 Å². The van der Waals surface area contributed by atoms with Gasteiger partial charge in [0.05, 0.1) is 29.7 Å². The number of aromatic amines is 1. The molecule has 0 aliphatic rings. The van der Waals surface area contributed by atoms with Crippen molar-refractivity contribution < 1.29 is 17.2 Å². The largest absolute Gasteiger partial charge is 0.278 e. The van der Waals surface area contributed by atoms with Gasteiger partial charge in [0, 0.05) is 25.8 Å². The zero-order chi connectivity index (χ0) is 19.1. The number of halogens is 4. The number of benzene rings is 2. The van der Waals surface area contributed by atoms with Gasteiger partial charge in [-0.25, -0.2) is 17.2 Å². The molecule has 0 spiro atoms. The molecule has 4 rings (SSSR count). The molecule has 1 N–H and O–H groups in total. The van der Waals surface area contributed by atoms with Gasteiger partial charge in [0.2, 0.25) is 0 Å². The van der Waals surface area contributed by atoms with Crippen molar-refractivity contribution in [1.82, 2.24) is 19.4 Å². The van der Waals surface area contributed by atoms with Gasteiger partial charge in [0.1, 0.15) is 11.6 Å². The molecule has 2 heterocycles. The van der Waals surface area contributed by atoms with Crippen LogP contribution in [-0.4, -0.2) is 34.1 Å². The van der Waals surface area contributed by atoms with E-state index in [0.717, 1.165) is 26.3 Å². The van der Waals surface area contributed by atoms with Crippen molar-refractivity contribution in [1.29, 1.82) is 0 Å². The first-order chi connectivity index (χ1) is 12.2. The Balaban J connectivity index is 0.000000158. The number of aromatic nitrogens is 4. The van der Waals surface area contributed by atoms with Gasteiger partial charge >= 0.3 is 0 Å². The normalized spacial score (nSPS) is 11.6. The van der Waals surface area contributed by atoms with E-state index in [2.05, 4.69) is 47.2 Å². The fourth-order valence-corrected chi connectivity index (χ4v) is 4.05. The lowest BCUT2D eigenvalue weighted by Crippen LogP contribution is -2.11. The van der Waals surface area contributed by atoms with Crippen molar-refractivity contribution in [3.05, 3.63) is 57.2 Å². The Bertz CT molecular complexity index is 1220. The summed E-state index contributed by atoms with van der Waals surface area (Å²) in [4.78, 5) is 0. The molecule has 2 aromatic carbocycles. The summed E-state index contributed by atoms with van der Waals surface area (Å²) in [5.74, 6) is -0.784. The second kappa shape index (κ2) is 7.05. The van der Waals surface area contributed by atoms with Crippen molar-refractivity contribution in [2.75, 3.05) is 6.26 Å². The smallest absolute Gasteiger partial charge is 0.251 e. The lowest BCUT2D eigenvalue weighted by molar-refractivity contribution is 0.588. The van der Waals surface area contributed by atoms with E-state index in [-0.39, 0.29) is 11.3 Å².